The van der Waals surface area contributed by atoms with E-state index in [0.29, 0.717) is 0 Å². The molecule has 0 nitrogen and oxygen atoms in total. The number of benzene rings is 4. The van der Waals surface area contributed by atoms with E-state index in [9.17, 15) is 0 Å². The van der Waals surface area contributed by atoms with Gasteiger partial charge in [0.15, 0.2) is 0 Å². The van der Waals surface area contributed by atoms with Crippen LogP contribution in [-0.4, -0.2) is 0 Å². The summed E-state index contributed by atoms with van der Waals surface area (Å²) in [4.78, 5) is 0. The molecule has 6 rings (SSSR count). The second-order valence-corrected chi connectivity index (χ2v) is 9.35. The van der Waals surface area contributed by atoms with Crippen molar-refractivity contribution in [3.63, 3.8) is 0 Å². The first kappa shape index (κ1) is 37.1. The van der Waals surface area contributed by atoms with E-state index < -0.39 is 0 Å². The molecule has 0 aliphatic carbocycles. The molecule has 6 aromatic carbocycles. The van der Waals surface area contributed by atoms with E-state index in [4.69, 9.17) is 0 Å². The van der Waals surface area contributed by atoms with Crippen molar-refractivity contribution < 1.29 is 50.7 Å². The van der Waals surface area contributed by atoms with Crippen LogP contribution in [0.3, 0.4) is 0 Å². The van der Waals surface area contributed by atoms with E-state index in [0.717, 1.165) is 0 Å². The third-order valence-corrected chi connectivity index (χ3v) is 7.15. The normalized spacial score (nSPS) is 9.90. The van der Waals surface area contributed by atoms with Crippen LogP contribution in [0, 0.1) is 14.9 Å². The molecule has 0 amide bonds. The summed E-state index contributed by atoms with van der Waals surface area (Å²) in [5.41, 5.74) is 3.08. The summed E-state index contributed by atoms with van der Waals surface area (Å²) in [6, 6.07) is 35.2. The molecule has 6 aromatic rings. The minimum atomic E-state index is 0. The molecule has 0 radical (unpaired) electrons. The van der Waals surface area contributed by atoms with E-state index in [2.05, 4.69) is 111 Å². The Morgan fingerprint density at radius 2 is 0.667 bits per heavy atom. The molecule has 0 saturated carbocycles. The fraction of sp³-hybridized carbons (Fsp3) is 0.222. The van der Waals surface area contributed by atoms with Gasteiger partial charge in [-0.3, -0.25) is 0 Å². The summed E-state index contributed by atoms with van der Waals surface area (Å²) in [6.45, 7) is 4.51. The second kappa shape index (κ2) is 17.7. The molecule has 0 aromatic heterocycles. The van der Waals surface area contributed by atoms with Crippen molar-refractivity contribution in [2.45, 2.75) is 52.4 Å². The summed E-state index contributed by atoms with van der Waals surface area (Å²) in [5, 5.41) is 11.4. The van der Waals surface area contributed by atoms with Crippen LogP contribution in [-0.2, 0) is 38.7 Å². The van der Waals surface area contributed by atoms with Crippen LogP contribution in [0.25, 0.3) is 43.1 Å². The molecule has 0 N–H and O–H groups in total. The number of hydrogen-bond acceptors (Lipinski definition) is 0. The fourth-order valence-corrected chi connectivity index (χ4v) is 5.46. The average molecular weight is 722 g/mol. The number of fused-ring (bicyclic) bond motifs is 6. The monoisotopic (exact) mass is 722 g/mol. The third kappa shape index (κ3) is 7.63. The van der Waals surface area contributed by atoms with Crippen molar-refractivity contribution >= 4 is 43.1 Å². The average Bonchev–Trinajstić information content (AvgIpc) is 3.39. The van der Waals surface area contributed by atoms with Crippen LogP contribution in [0.4, 0.5) is 0 Å². The van der Waals surface area contributed by atoms with Gasteiger partial charge in [0.25, 0.3) is 0 Å². The molecule has 0 aliphatic heterocycles. The van der Waals surface area contributed by atoms with Crippen molar-refractivity contribution in [1.82, 2.24) is 0 Å². The van der Waals surface area contributed by atoms with Gasteiger partial charge in [0.2, 0.25) is 0 Å². The van der Waals surface area contributed by atoms with E-state index in [-0.39, 0.29) is 65.5 Å². The van der Waals surface area contributed by atoms with Crippen molar-refractivity contribution in [1.29, 1.82) is 0 Å². The predicted molar refractivity (Wildman–Crippen MR) is 164 cm³/mol. The smallest absolute Gasteiger partial charge is 0 e. The maximum absolute atomic E-state index is 2.26. The Labute approximate surface area is 267 Å². The number of rotatable bonds is 6. The standard InChI is InChI=1S/2C17H17.2CH3.2ClH.Hf/c2*1-2-3-8-13-14-9-4-6-11-16(14)17-12-7-5-10-15(13)17;;;;;/h2*4-7,9-12H,2-3,8H2,1H3;2*1H3;2*1H;/q4*-1;;;/p-2. The summed E-state index contributed by atoms with van der Waals surface area (Å²) >= 11 is 0. The maximum atomic E-state index is 2.26. The number of halogens is 2. The second-order valence-electron chi connectivity index (χ2n) is 9.35. The van der Waals surface area contributed by atoms with Crippen LogP contribution in [0.15, 0.2) is 97.1 Å². The first-order valence-corrected chi connectivity index (χ1v) is 12.9. The van der Waals surface area contributed by atoms with E-state index >= 15 is 0 Å². The first-order chi connectivity index (χ1) is 16.8. The van der Waals surface area contributed by atoms with Crippen molar-refractivity contribution in [3.8, 4) is 0 Å². The molecule has 0 fully saturated rings. The molecule has 39 heavy (non-hydrogen) atoms. The minimum Gasteiger partial charge on any atom is -1.00 e. The summed E-state index contributed by atoms with van der Waals surface area (Å²) in [5.74, 6) is 0. The molecule has 0 aliphatic rings. The predicted octanol–water partition coefficient (Wildman–Crippen LogP) is 5.02. The van der Waals surface area contributed by atoms with Crippen LogP contribution in [0.1, 0.15) is 50.7 Å². The van der Waals surface area contributed by atoms with Gasteiger partial charge in [-0.2, -0.15) is 0 Å². The number of aryl methyl sites for hydroxylation is 2. The van der Waals surface area contributed by atoms with Gasteiger partial charge in [-0.15, -0.1) is 78.5 Å². The Balaban J connectivity index is 0.000000656. The largest absolute Gasteiger partial charge is 1.00 e. The number of unbranched alkanes of at least 4 members (excludes halogenated alkanes) is 2. The van der Waals surface area contributed by atoms with E-state index in [1.807, 2.05) is 0 Å². The molecule has 3 heteroatoms. The summed E-state index contributed by atoms with van der Waals surface area (Å²) in [7, 11) is 0. The Morgan fingerprint density at radius 1 is 0.436 bits per heavy atom. The topological polar surface area (TPSA) is 0 Å². The van der Waals surface area contributed by atoms with Gasteiger partial charge < -0.3 is 39.7 Å². The van der Waals surface area contributed by atoms with Gasteiger partial charge in [0.1, 0.15) is 0 Å². The Kier molecular flexibility index (Phi) is 16.8. The van der Waals surface area contributed by atoms with Gasteiger partial charge >= 0.3 is 0 Å². The summed E-state index contributed by atoms with van der Waals surface area (Å²) < 4.78 is 0. The molecular formula is C36H40Cl2Hf-6. The van der Waals surface area contributed by atoms with Crippen molar-refractivity contribution in [2.24, 2.45) is 0 Å². The maximum Gasteiger partial charge on any atom is 0 e. The van der Waals surface area contributed by atoms with E-state index in [1.165, 1.54) is 92.7 Å². The van der Waals surface area contributed by atoms with E-state index in [1.54, 1.807) is 0 Å². The molecule has 0 atom stereocenters. The van der Waals surface area contributed by atoms with Gasteiger partial charge in [-0.25, -0.2) is 0 Å². The number of hydrogen-bond donors (Lipinski definition) is 0. The van der Waals surface area contributed by atoms with Gasteiger partial charge in [0.05, 0.1) is 0 Å². The minimum absolute atomic E-state index is 0. The third-order valence-electron chi connectivity index (χ3n) is 7.15. The zero-order valence-electron chi connectivity index (χ0n) is 23.7. The quantitative estimate of drug-likeness (QED) is 0.168. The SMILES string of the molecule is CCCC[c-]1c2ccccc2c2ccccc21.CCCC[c-]1c2ccccc2c2ccccc21.[CH3-].[CH3-].[Cl-].[Cl-].[Hf]. The molecule has 0 unspecified atom stereocenters. The molecular weight excluding hydrogens is 682 g/mol. The van der Waals surface area contributed by atoms with Crippen molar-refractivity contribution in [2.75, 3.05) is 0 Å². The molecule has 208 valence electrons. The molecule has 0 saturated heterocycles. The first-order valence-electron chi connectivity index (χ1n) is 12.9. The van der Waals surface area contributed by atoms with Crippen LogP contribution < -0.4 is 24.8 Å². The molecule has 0 bridgehead atoms. The van der Waals surface area contributed by atoms with Crippen LogP contribution in [0.5, 0.6) is 0 Å². The Bertz CT molecular complexity index is 1320. The van der Waals surface area contributed by atoms with Gasteiger partial charge in [-0.05, 0) is 0 Å². The fourth-order valence-electron chi connectivity index (χ4n) is 5.46. The molecule has 0 heterocycles. The van der Waals surface area contributed by atoms with Gasteiger partial charge in [-0.1, -0.05) is 125 Å². The van der Waals surface area contributed by atoms with Crippen LogP contribution >= 0.6 is 0 Å². The van der Waals surface area contributed by atoms with Crippen LogP contribution in [0.2, 0.25) is 0 Å². The Morgan fingerprint density at radius 3 is 0.897 bits per heavy atom. The zero-order chi connectivity index (χ0) is 23.3. The summed E-state index contributed by atoms with van der Waals surface area (Å²) in [6.07, 6.45) is 7.47. The Hall–Kier alpha value is -1.93. The van der Waals surface area contributed by atoms with Gasteiger partial charge in [0, 0.05) is 25.8 Å². The zero-order valence-corrected chi connectivity index (χ0v) is 28.8. The molecule has 0 spiro atoms. The van der Waals surface area contributed by atoms with Crippen molar-refractivity contribution in [3.05, 3.63) is 123 Å².